The van der Waals surface area contributed by atoms with E-state index in [1.54, 1.807) is 31.2 Å². The molecule has 0 spiro atoms. The van der Waals surface area contributed by atoms with Crippen LogP contribution in [0.4, 0.5) is 5.69 Å². The predicted molar refractivity (Wildman–Crippen MR) is 95.8 cm³/mol. The van der Waals surface area contributed by atoms with Gasteiger partial charge in [0.2, 0.25) is 11.8 Å². The van der Waals surface area contributed by atoms with Gasteiger partial charge in [-0.05, 0) is 37.1 Å². The van der Waals surface area contributed by atoms with Crippen molar-refractivity contribution < 1.29 is 9.59 Å². The minimum atomic E-state index is -1.14. The van der Waals surface area contributed by atoms with Crippen molar-refractivity contribution in [3.05, 3.63) is 64.7 Å². The summed E-state index contributed by atoms with van der Waals surface area (Å²) in [5.74, 6) is -0.876. The second kappa shape index (κ2) is 7.47. The topological polar surface area (TPSA) is 84.2 Å². The maximum Gasteiger partial charge on any atom is 0.242 e. The van der Waals surface area contributed by atoms with Crippen molar-refractivity contribution in [2.24, 2.45) is 5.73 Å². The molecule has 1 atom stereocenters. The fourth-order valence-corrected chi connectivity index (χ4v) is 2.56. The van der Waals surface area contributed by atoms with E-state index in [9.17, 15) is 9.59 Å². The van der Waals surface area contributed by atoms with Crippen molar-refractivity contribution in [3.63, 3.8) is 0 Å². The Morgan fingerprint density at radius 1 is 1.17 bits per heavy atom. The summed E-state index contributed by atoms with van der Waals surface area (Å²) in [5.41, 5.74) is 6.60. The van der Waals surface area contributed by atoms with Gasteiger partial charge in [-0.3, -0.25) is 14.9 Å². The molecule has 0 saturated heterocycles. The number of nitrogens with two attached hydrogens (primary N) is 1. The summed E-state index contributed by atoms with van der Waals surface area (Å²) in [6, 6.07) is 14.4. The maximum atomic E-state index is 12.2. The first-order valence-corrected chi connectivity index (χ1v) is 7.87. The van der Waals surface area contributed by atoms with Gasteiger partial charge in [-0.25, -0.2) is 0 Å². The highest BCUT2D eigenvalue weighted by Crippen LogP contribution is 2.23. The first kappa shape index (κ1) is 18.0. The monoisotopic (exact) mass is 345 g/mol. The fourth-order valence-electron chi connectivity index (χ4n) is 2.28. The Balaban J connectivity index is 2.07. The molecular formula is C18H20ClN3O2. The highest BCUT2D eigenvalue weighted by Gasteiger charge is 2.33. The van der Waals surface area contributed by atoms with E-state index in [1.165, 1.54) is 0 Å². The zero-order valence-corrected chi connectivity index (χ0v) is 14.4. The van der Waals surface area contributed by atoms with Crippen LogP contribution in [0.5, 0.6) is 0 Å². The van der Waals surface area contributed by atoms with Crippen molar-refractivity contribution in [2.75, 3.05) is 11.9 Å². The Morgan fingerprint density at radius 3 is 2.42 bits per heavy atom. The molecule has 0 aromatic heterocycles. The zero-order valence-electron chi connectivity index (χ0n) is 13.6. The highest BCUT2D eigenvalue weighted by molar-refractivity contribution is 6.33. The summed E-state index contributed by atoms with van der Waals surface area (Å²) < 4.78 is 0. The molecule has 126 valence electrons. The third-order valence-electron chi connectivity index (χ3n) is 3.85. The molecule has 0 aliphatic rings. The molecule has 5 nitrogen and oxygen atoms in total. The summed E-state index contributed by atoms with van der Waals surface area (Å²) in [7, 11) is 0. The molecule has 0 fully saturated rings. The molecule has 4 N–H and O–H groups in total. The molecule has 0 radical (unpaired) electrons. The molecule has 2 rings (SSSR count). The molecule has 6 heteroatoms. The lowest BCUT2D eigenvalue weighted by Crippen LogP contribution is -2.52. The number of hydrogen-bond donors (Lipinski definition) is 3. The van der Waals surface area contributed by atoms with Gasteiger partial charge in [0.1, 0.15) is 5.54 Å². The van der Waals surface area contributed by atoms with Crippen molar-refractivity contribution in [1.29, 1.82) is 0 Å². The molecule has 0 unspecified atom stereocenters. The van der Waals surface area contributed by atoms with Crippen LogP contribution in [0.15, 0.2) is 48.5 Å². The summed E-state index contributed by atoms with van der Waals surface area (Å²) in [4.78, 5) is 24.1. The largest absolute Gasteiger partial charge is 0.368 e. The normalized spacial score (nSPS) is 13.1. The molecule has 0 saturated carbocycles. The van der Waals surface area contributed by atoms with Crippen molar-refractivity contribution in [1.82, 2.24) is 5.32 Å². The van der Waals surface area contributed by atoms with E-state index in [1.807, 2.05) is 31.2 Å². The van der Waals surface area contributed by atoms with Crippen LogP contribution in [-0.4, -0.2) is 18.4 Å². The summed E-state index contributed by atoms with van der Waals surface area (Å²) in [6.07, 6.45) is 0. The quantitative estimate of drug-likeness (QED) is 0.752. The second-order valence-corrected chi connectivity index (χ2v) is 6.15. The first-order valence-electron chi connectivity index (χ1n) is 7.49. The SMILES string of the molecule is Cc1ccc(NC(=O)CN[C@](C)(C(N)=O)c2ccccc2)c(Cl)c1. The van der Waals surface area contributed by atoms with Crippen LogP contribution in [-0.2, 0) is 15.1 Å². The van der Waals surface area contributed by atoms with Crippen LogP contribution in [0.2, 0.25) is 5.02 Å². The van der Waals surface area contributed by atoms with Crippen molar-refractivity contribution in [2.45, 2.75) is 19.4 Å². The van der Waals surface area contributed by atoms with Gasteiger partial charge in [0.25, 0.3) is 0 Å². The Bertz CT molecular complexity index is 749. The lowest BCUT2D eigenvalue weighted by Gasteiger charge is -2.27. The molecule has 2 aromatic rings. The third-order valence-corrected chi connectivity index (χ3v) is 4.16. The van der Waals surface area contributed by atoms with E-state index < -0.39 is 11.4 Å². The lowest BCUT2D eigenvalue weighted by atomic mass is 9.91. The maximum absolute atomic E-state index is 12.2. The zero-order chi connectivity index (χ0) is 17.7. The van der Waals surface area contributed by atoms with Gasteiger partial charge in [0, 0.05) is 0 Å². The Labute approximate surface area is 146 Å². The van der Waals surface area contributed by atoms with Crippen molar-refractivity contribution >= 4 is 29.1 Å². The van der Waals surface area contributed by atoms with Gasteiger partial charge < -0.3 is 11.1 Å². The van der Waals surface area contributed by atoms with Crippen LogP contribution in [0.1, 0.15) is 18.1 Å². The first-order chi connectivity index (χ1) is 11.3. The average Bonchev–Trinajstić information content (AvgIpc) is 2.56. The smallest absolute Gasteiger partial charge is 0.242 e. The van der Waals surface area contributed by atoms with E-state index in [2.05, 4.69) is 10.6 Å². The number of aryl methyl sites for hydroxylation is 1. The molecular weight excluding hydrogens is 326 g/mol. The number of carbonyl (C=O) groups is 2. The summed E-state index contributed by atoms with van der Waals surface area (Å²) in [5, 5.41) is 6.11. The average molecular weight is 346 g/mol. The minimum absolute atomic E-state index is 0.0848. The number of nitrogens with one attached hydrogen (secondary N) is 2. The van der Waals surface area contributed by atoms with Gasteiger partial charge in [0.15, 0.2) is 0 Å². The van der Waals surface area contributed by atoms with Gasteiger partial charge in [-0.2, -0.15) is 0 Å². The standard InChI is InChI=1S/C18H20ClN3O2/c1-12-8-9-15(14(19)10-12)22-16(23)11-21-18(2,17(20)24)13-6-4-3-5-7-13/h3-10,21H,11H2,1-2H3,(H2,20,24)(H,22,23)/t18-/m0/s1. The molecule has 0 bridgehead atoms. The number of benzene rings is 2. The van der Waals surface area contributed by atoms with E-state index in [0.717, 1.165) is 5.56 Å². The number of hydrogen-bond acceptors (Lipinski definition) is 3. The van der Waals surface area contributed by atoms with Crippen LogP contribution in [0.3, 0.4) is 0 Å². The summed E-state index contributed by atoms with van der Waals surface area (Å²) >= 11 is 6.10. The number of rotatable bonds is 6. The minimum Gasteiger partial charge on any atom is -0.368 e. The highest BCUT2D eigenvalue weighted by atomic mass is 35.5. The van der Waals surface area contributed by atoms with Gasteiger partial charge >= 0.3 is 0 Å². The molecule has 0 aliphatic heterocycles. The van der Waals surface area contributed by atoms with E-state index in [0.29, 0.717) is 16.3 Å². The van der Waals surface area contributed by atoms with E-state index in [4.69, 9.17) is 17.3 Å². The van der Waals surface area contributed by atoms with Gasteiger partial charge in [-0.15, -0.1) is 0 Å². The molecule has 24 heavy (non-hydrogen) atoms. The molecule has 0 heterocycles. The number of amides is 2. The van der Waals surface area contributed by atoms with E-state index >= 15 is 0 Å². The third kappa shape index (κ3) is 4.13. The van der Waals surface area contributed by atoms with Crippen LogP contribution in [0.25, 0.3) is 0 Å². The van der Waals surface area contributed by atoms with Crippen molar-refractivity contribution in [3.8, 4) is 0 Å². The number of anilines is 1. The number of primary amides is 1. The van der Waals surface area contributed by atoms with Crippen LogP contribution >= 0.6 is 11.6 Å². The number of halogens is 1. The molecule has 2 amide bonds. The molecule has 2 aromatic carbocycles. The number of carbonyl (C=O) groups excluding carboxylic acids is 2. The Kier molecular flexibility index (Phi) is 5.59. The van der Waals surface area contributed by atoms with Gasteiger partial charge in [-0.1, -0.05) is 48.0 Å². The van der Waals surface area contributed by atoms with Crippen LogP contribution < -0.4 is 16.4 Å². The molecule has 0 aliphatic carbocycles. The Morgan fingerprint density at radius 2 is 1.83 bits per heavy atom. The van der Waals surface area contributed by atoms with Gasteiger partial charge in [0.05, 0.1) is 17.3 Å². The fraction of sp³-hybridized carbons (Fsp3) is 0.222. The second-order valence-electron chi connectivity index (χ2n) is 5.74. The lowest BCUT2D eigenvalue weighted by molar-refractivity contribution is -0.124. The summed E-state index contributed by atoms with van der Waals surface area (Å²) in [6.45, 7) is 3.48. The van der Waals surface area contributed by atoms with E-state index in [-0.39, 0.29) is 12.5 Å². The predicted octanol–water partition coefficient (Wildman–Crippen LogP) is 2.58. The Hall–Kier alpha value is -2.37. The van der Waals surface area contributed by atoms with Crippen LogP contribution in [0, 0.1) is 6.92 Å².